The van der Waals surface area contributed by atoms with Crippen LogP contribution in [-0.4, -0.2) is 25.1 Å². The van der Waals surface area contributed by atoms with Crippen LogP contribution in [0.15, 0.2) is 18.2 Å². The summed E-state index contributed by atoms with van der Waals surface area (Å²) in [5, 5.41) is 6.22. The van der Waals surface area contributed by atoms with Crippen LogP contribution in [0.1, 0.15) is 26.2 Å². The van der Waals surface area contributed by atoms with Gasteiger partial charge in [-0.1, -0.05) is 0 Å². The first-order valence-corrected chi connectivity index (χ1v) is 6.56. The van der Waals surface area contributed by atoms with Crippen LogP contribution in [-0.2, 0) is 4.79 Å². The summed E-state index contributed by atoms with van der Waals surface area (Å²) in [5.74, 6) is 0.688. The number of nitrogens with two attached hydrogens (primary N) is 1. The van der Waals surface area contributed by atoms with E-state index >= 15 is 0 Å². The van der Waals surface area contributed by atoms with Gasteiger partial charge in [-0.05, 0) is 37.5 Å². The molecule has 1 fully saturated rings. The number of methoxy groups -OCH3 is 1. The summed E-state index contributed by atoms with van der Waals surface area (Å²) in [7, 11) is 1.64. The van der Waals surface area contributed by atoms with Gasteiger partial charge in [0.2, 0.25) is 5.91 Å². The molecule has 0 saturated heterocycles. The first-order chi connectivity index (χ1) is 9.08. The van der Waals surface area contributed by atoms with Gasteiger partial charge in [-0.25, -0.2) is 0 Å². The Bertz CT molecular complexity index is 462. The molecule has 0 spiro atoms. The standard InChI is InChI=1S/C14H21N3O2/c1-9(18)16-12-5-6-14(19-2)13(8-12)17-11-4-3-10(15)7-11/h5-6,8,10-11,17H,3-4,7,15H2,1-2H3,(H,16,18). The Hall–Kier alpha value is -1.75. The van der Waals surface area contributed by atoms with Crippen LogP contribution < -0.4 is 21.1 Å². The molecule has 2 rings (SSSR count). The maximum absolute atomic E-state index is 11.1. The van der Waals surface area contributed by atoms with Gasteiger partial charge in [-0.2, -0.15) is 0 Å². The van der Waals surface area contributed by atoms with Crippen molar-refractivity contribution in [3.05, 3.63) is 18.2 Å². The molecule has 2 unspecified atom stereocenters. The molecule has 1 amide bonds. The van der Waals surface area contributed by atoms with E-state index < -0.39 is 0 Å². The van der Waals surface area contributed by atoms with E-state index in [1.165, 1.54) is 6.92 Å². The molecule has 104 valence electrons. The van der Waals surface area contributed by atoms with Gasteiger partial charge in [0.25, 0.3) is 0 Å². The second kappa shape index (κ2) is 5.93. The van der Waals surface area contributed by atoms with E-state index in [1.54, 1.807) is 7.11 Å². The molecule has 0 heterocycles. The highest BCUT2D eigenvalue weighted by molar-refractivity contribution is 5.89. The van der Waals surface area contributed by atoms with Crippen molar-refractivity contribution in [3.63, 3.8) is 0 Å². The maximum Gasteiger partial charge on any atom is 0.221 e. The Labute approximate surface area is 113 Å². The van der Waals surface area contributed by atoms with Crippen molar-refractivity contribution in [2.45, 2.75) is 38.3 Å². The minimum absolute atomic E-state index is 0.0843. The predicted octanol–water partition coefficient (Wildman–Crippen LogP) is 1.95. The molecule has 1 aliphatic carbocycles. The average Bonchev–Trinajstić information content (AvgIpc) is 2.74. The lowest BCUT2D eigenvalue weighted by atomic mass is 10.2. The van der Waals surface area contributed by atoms with Crippen LogP contribution in [0, 0.1) is 0 Å². The predicted molar refractivity (Wildman–Crippen MR) is 76.5 cm³/mol. The number of carbonyl (C=O) groups excluding carboxylic acids is 1. The molecule has 1 aromatic rings. The minimum Gasteiger partial charge on any atom is -0.495 e. The number of ether oxygens (including phenoxy) is 1. The summed E-state index contributed by atoms with van der Waals surface area (Å²) in [6.45, 7) is 1.49. The van der Waals surface area contributed by atoms with Crippen molar-refractivity contribution in [3.8, 4) is 5.75 Å². The average molecular weight is 263 g/mol. The number of hydrogen-bond donors (Lipinski definition) is 3. The van der Waals surface area contributed by atoms with Crippen LogP contribution in [0.25, 0.3) is 0 Å². The van der Waals surface area contributed by atoms with Crippen LogP contribution in [0.2, 0.25) is 0 Å². The van der Waals surface area contributed by atoms with Crippen molar-refractivity contribution in [2.24, 2.45) is 5.73 Å². The number of benzene rings is 1. The first kappa shape index (κ1) is 13.7. The summed E-state index contributed by atoms with van der Waals surface area (Å²) in [6, 6.07) is 6.22. The fraction of sp³-hybridized carbons (Fsp3) is 0.500. The largest absolute Gasteiger partial charge is 0.495 e. The summed E-state index contributed by atoms with van der Waals surface area (Å²) in [4.78, 5) is 11.1. The summed E-state index contributed by atoms with van der Waals surface area (Å²) < 4.78 is 5.34. The van der Waals surface area contributed by atoms with Gasteiger partial charge in [-0.3, -0.25) is 4.79 Å². The molecule has 0 aliphatic heterocycles. The molecule has 0 bridgehead atoms. The summed E-state index contributed by atoms with van der Waals surface area (Å²) >= 11 is 0. The van der Waals surface area contributed by atoms with E-state index in [0.29, 0.717) is 6.04 Å². The highest BCUT2D eigenvalue weighted by atomic mass is 16.5. The molecule has 1 aliphatic rings. The second-order valence-electron chi connectivity index (χ2n) is 5.01. The molecule has 19 heavy (non-hydrogen) atoms. The number of hydrogen-bond acceptors (Lipinski definition) is 4. The third-order valence-electron chi connectivity index (χ3n) is 3.35. The monoisotopic (exact) mass is 263 g/mol. The van der Waals surface area contributed by atoms with Gasteiger partial charge in [0.15, 0.2) is 0 Å². The van der Waals surface area contributed by atoms with Crippen molar-refractivity contribution >= 4 is 17.3 Å². The molecule has 0 aromatic heterocycles. The van der Waals surface area contributed by atoms with E-state index in [2.05, 4.69) is 10.6 Å². The summed E-state index contributed by atoms with van der Waals surface area (Å²) in [6.07, 6.45) is 3.08. The number of anilines is 2. The van der Waals surface area contributed by atoms with E-state index in [1.807, 2.05) is 18.2 Å². The van der Waals surface area contributed by atoms with E-state index in [0.717, 1.165) is 36.4 Å². The zero-order valence-electron chi connectivity index (χ0n) is 11.4. The van der Waals surface area contributed by atoms with Crippen LogP contribution in [0.5, 0.6) is 5.75 Å². The molecule has 4 N–H and O–H groups in total. The Morgan fingerprint density at radius 1 is 1.42 bits per heavy atom. The van der Waals surface area contributed by atoms with Crippen LogP contribution >= 0.6 is 0 Å². The summed E-state index contributed by atoms with van der Waals surface area (Å²) in [5.41, 5.74) is 7.58. The smallest absolute Gasteiger partial charge is 0.221 e. The van der Waals surface area contributed by atoms with Gasteiger partial charge >= 0.3 is 0 Å². The molecular weight excluding hydrogens is 242 g/mol. The maximum atomic E-state index is 11.1. The fourth-order valence-electron chi connectivity index (χ4n) is 2.47. The number of nitrogens with one attached hydrogen (secondary N) is 2. The van der Waals surface area contributed by atoms with Crippen molar-refractivity contribution in [2.75, 3.05) is 17.7 Å². The van der Waals surface area contributed by atoms with Crippen molar-refractivity contribution in [1.29, 1.82) is 0 Å². The van der Waals surface area contributed by atoms with Crippen LogP contribution in [0.3, 0.4) is 0 Å². The Kier molecular flexibility index (Phi) is 4.27. The topological polar surface area (TPSA) is 76.4 Å². The molecule has 5 nitrogen and oxygen atoms in total. The Balaban J connectivity index is 2.13. The molecule has 5 heteroatoms. The van der Waals surface area contributed by atoms with Gasteiger partial charge < -0.3 is 21.1 Å². The lowest BCUT2D eigenvalue weighted by molar-refractivity contribution is -0.114. The van der Waals surface area contributed by atoms with E-state index in [-0.39, 0.29) is 11.9 Å². The molecule has 0 radical (unpaired) electrons. The van der Waals surface area contributed by atoms with Gasteiger partial charge in [0, 0.05) is 24.7 Å². The highest BCUT2D eigenvalue weighted by Gasteiger charge is 2.22. The lowest BCUT2D eigenvalue weighted by Gasteiger charge is -2.17. The lowest BCUT2D eigenvalue weighted by Crippen LogP contribution is -2.21. The highest BCUT2D eigenvalue weighted by Crippen LogP contribution is 2.31. The van der Waals surface area contributed by atoms with E-state index in [9.17, 15) is 4.79 Å². The van der Waals surface area contributed by atoms with Gasteiger partial charge in [-0.15, -0.1) is 0 Å². The SMILES string of the molecule is COc1ccc(NC(C)=O)cc1NC1CCC(N)C1. The molecule has 1 saturated carbocycles. The zero-order valence-corrected chi connectivity index (χ0v) is 11.4. The molecular formula is C14H21N3O2. The third-order valence-corrected chi connectivity index (χ3v) is 3.35. The fourth-order valence-corrected chi connectivity index (χ4v) is 2.47. The Morgan fingerprint density at radius 2 is 2.21 bits per heavy atom. The van der Waals surface area contributed by atoms with Gasteiger partial charge in [0.05, 0.1) is 12.8 Å². The van der Waals surface area contributed by atoms with Crippen LogP contribution in [0.4, 0.5) is 11.4 Å². The quantitative estimate of drug-likeness (QED) is 0.776. The van der Waals surface area contributed by atoms with Crippen molar-refractivity contribution in [1.82, 2.24) is 0 Å². The van der Waals surface area contributed by atoms with Crippen molar-refractivity contribution < 1.29 is 9.53 Å². The zero-order chi connectivity index (χ0) is 13.8. The third kappa shape index (κ3) is 3.61. The normalized spacial score (nSPS) is 22.1. The number of amides is 1. The molecule has 2 atom stereocenters. The second-order valence-corrected chi connectivity index (χ2v) is 5.01. The molecule has 1 aromatic carbocycles. The number of carbonyl (C=O) groups is 1. The van der Waals surface area contributed by atoms with E-state index in [4.69, 9.17) is 10.5 Å². The minimum atomic E-state index is -0.0843. The van der Waals surface area contributed by atoms with Gasteiger partial charge in [0.1, 0.15) is 5.75 Å². The Morgan fingerprint density at radius 3 is 2.79 bits per heavy atom. The number of rotatable bonds is 4. The first-order valence-electron chi connectivity index (χ1n) is 6.56.